The van der Waals surface area contributed by atoms with Crippen molar-refractivity contribution in [2.75, 3.05) is 30.4 Å². The summed E-state index contributed by atoms with van der Waals surface area (Å²) in [7, 11) is 1.75. The van der Waals surface area contributed by atoms with Crippen LogP contribution >= 0.6 is 11.6 Å². The summed E-state index contributed by atoms with van der Waals surface area (Å²) in [4.78, 5) is 20.8. The largest absolute Gasteiger partial charge is 0.355 e. The van der Waals surface area contributed by atoms with Crippen molar-refractivity contribution in [1.82, 2.24) is 9.88 Å². The third-order valence-electron chi connectivity index (χ3n) is 4.15. The van der Waals surface area contributed by atoms with Gasteiger partial charge in [0.25, 0.3) is 0 Å². The van der Waals surface area contributed by atoms with Crippen molar-refractivity contribution in [3.63, 3.8) is 0 Å². The number of hydrogen-bond donors (Lipinski definition) is 1. The summed E-state index contributed by atoms with van der Waals surface area (Å²) in [6, 6.07) is 11.1. The third kappa shape index (κ3) is 3.79. The Bertz CT molecular complexity index is 716. The Hall–Kier alpha value is -2.27. The molecule has 0 spiro atoms. The van der Waals surface area contributed by atoms with Crippen molar-refractivity contribution in [3.05, 3.63) is 53.2 Å². The first kappa shape index (κ1) is 16.6. The normalized spacial score (nSPS) is 13.8. The zero-order valence-corrected chi connectivity index (χ0v) is 14.5. The topological polar surface area (TPSA) is 48.5 Å². The molecule has 3 rings (SSSR count). The average molecular weight is 345 g/mol. The SMILES string of the molecule is CN(Cc1ccccc1Cl)C(=O)Nc1cccnc1N1CCCC1. The lowest BCUT2D eigenvalue weighted by molar-refractivity contribution is 0.220. The van der Waals surface area contributed by atoms with Crippen LogP contribution in [0.1, 0.15) is 18.4 Å². The molecule has 0 atom stereocenters. The summed E-state index contributed by atoms with van der Waals surface area (Å²) in [6.07, 6.45) is 4.09. The van der Waals surface area contributed by atoms with Crippen LogP contribution in [0.25, 0.3) is 0 Å². The van der Waals surface area contributed by atoms with E-state index < -0.39 is 0 Å². The minimum atomic E-state index is -0.177. The quantitative estimate of drug-likeness (QED) is 0.912. The van der Waals surface area contributed by atoms with Crippen LogP contribution in [0.15, 0.2) is 42.6 Å². The molecule has 1 aliphatic heterocycles. The van der Waals surface area contributed by atoms with E-state index in [4.69, 9.17) is 11.6 Å². The van der Waals surface area contributed by atoms with E-state index in [0.29, 0.717) is 11.6 Å². The van der Waals surface area contributed by atoms with Crippen LogP contribution in [-0.2, 0) is 6.54 Å². The Morgan fingerprint density at radius 1 is 1.25 bits per heavy atom. The highest BCUT2D eigenvalue weighted by Crippen LogP contribution is 2.26. The molecule has 0 bridgehead atoms. The van der Waals surface area contributed by atoms with Crippen molar-refractivity contribution in [2.24, 2.45) is 0 Å². The molecular formula is C18H21ClN4O. The predicted octanol–water partition coefficient (Wildman–Crippen LogP) is 4.00. The van der Waals surface area contributed by atoms with Gasteiger partial charge in [-0.3, -0.25) is 0 Å². The van der Waals surface area contributed by atoms with E-state index in [1.165, 1.54) is 0 Å². The van der Waals surface area contributed by atoms with Crippen LogP contribution in [-0.4, -0.2) is 36.1 Å². The van der Waals surface area contributed by atoms with Gasteiger partial charge in [-0.15, -0.1) is 0 Å². The number of anilines is 2. The molecule has 1 N–H and O–H groups in total. The van der Waals surface area contributed by atoms with Crippen molar-refractivity contribution < 1.29 is 4.79 Å². The molecule has 2 amide bonds. The fraction of sp³-hybridized carbons (Fsp3) is 0.333. The number of rotatable bonds is 4. The van der Waals surface area contributed by atoms with Gasteiger partial charge >= 0.3 is 6.03 Å². The van der Waals surface area contributed by atoms with Gasteiger partial charge in [0.2, 0.25) is 0 Å². The molecular weight excluding hydrogens is 324 g/mol. The highest BCUT2D eigenvalue weighted by molar-refractivity contribution is 6.31. The number of nitrogens with zero attached hydrogens (tertiary/aromatic N) is 3. The highest BCUT2D eigenvalue weighted by atomic mass is 35.5. The number of halogens is 1. The molecule has 1 aromatic heterocycles. The maximum Gasteiger partial charge on any atom is 0.321 e. The summed E-state index contributed by atoms with van der Waals surface area (Å²) in [6.45, 7) is 2.41. The van der Waals surface area contributed by atoms with Gasteiger partial charge in [0.1, 0.15) is 0 Å². The van der Waals surface area contributed by atoms with E-state index in [-0.39, 0.29) is 6.03 Å². The molecule has 0 unspecified atom stereocenters. The second-order valence-electron chi connectivity index (χ2n) is 5.95. The Labute approximate surface area is 147 Å². The molecule has 1 fully saturated rings. The highest BCUT2D eigenvalue weighted by Gasteiger charge is 2.19. The van der Waals surface area contributed by atoms with E-state index in [1.807, 2.05) is 36.4 Å². The van der Waals surface area contributed by atoms with E-state index in [2.05, 4.69) is 15.2 Å². The fourth-order valence-electron chi connectivity index (χ4n) is 2.84. The van der Waals surface area contributed by atoms with Crippen LogP contribution in [0.3, 0.4) is 0 Å². The lowest BCUT2D eigenvalue weighted by Gasteiger charge is -2.23. The second-order valence-corrected chi connectivity index (χ2v) is 6.35. The zero-order chi connectivity index (χ0) is 16.9. The molecule has 5 nitrogen and oxygen atoms in total. The first-order valence-electron chi connectivity index (χ1n) is 8.10. The zero-order valence-electron chi connectivity index (χ0n) is 13.7. The summed E-state index contributed by atoms with van der Waals surface area (Å²) in [5, 5.41) is 3.63. The monoisotopic (exact) mass is 344 g/mol. The molecule has 6 heteroatoms. The third-order valence-corrected chi connectivity index (χ3v) is 4.51. The summed E-state index contributed by atoms with van der Waals surface area (Å²) in [5.41, 5.74) is 1.66. The summed E-state index contributed by atoms with van der Waals surface area (Å²) < 4.78 is 0. The minimum absolute atomic E-state index is 0.177. The van der Waals surface area contributed by atoms with E-state index in [0.717, 1.165) is 43.0 Å². The molecule has 126 valence electrons. The number of aromatic nitrogens is 1. The Morgan fingerprint density at radius 3 is 2.75 bits per heavy atom. The Morgan fingerprint density at radius 2 is 2.00 bits per heavy atom. The van der Waals surface area contributed by atoms with E-state index >= 15 is 0 Å². The fourth-order valence-corrected chi connectivity index (χ4v) is 3.04. The van der Waals surface area contributed by atoms with Crippen LogP contribution in [0, 0.1) is 0 Å². The first-order chi connectivity index (χ1) is 11.6. The maximum absolute atomic E-state index is 12.5. The minimum Gasteiger partial charge on any atom is -0.355 e. The molecule has 1 saturated heterocycles. The number of urea groups is 1. The van der Waals surface area contributed by atoms with Crippen LogP contribution < -0.4 is 10.2 Å². The molecule has 1 aromatic carbocycles. The smallest absolute Gasteiger partial charge is 0.321 e. The first-order valence-corrected chi connectivity index (χ1v) is 8.48. The van der Waals surface area contributed by atoms with Crippen molar-refractivity contribution in [1.29, 1.82) is 0 Å². The molecule has 2 heterocycles. The number of nitrogens with one attached hydrogen (secondary N) is 1. The second kappa shape index (κ2) is 7.53. The van der Waals surface area contributed by atoms with Crippen molar-refractivity contribution in [3.8, 4) is 0 Å². The number of carbonyl (C=O) groups is 1. The molecule has 0 saturated carbocycles. The Balaban J connectivity index is 1.69. The van der Waals surface area contributed by atoms with E-state index in [1.54, 1.807) is 18.1 Å². The maximum atomic E-state index is 12.5. The van der Waals surface area contributed by atoms with Gasteiger partial charge in [-0.25, -0.2) is 9.78 Å². The van der Waals surface area contributed by atoms with Crippen molar-refractivity contribution in [2.45, 2.75) is 19.4 Å². The van der Waals surface area contributed by atoms with Crippen molar-refractivity contribution >= 4 is 29.1 Å². The number of pyridine rings is 1. The van der Waals surface area contributed by atoms with Gasteiger partial charge in [-0.1, -0.05) is 29.8 Å². The van der Waals surface area contributed by atoms with Gasteiger partial charge in [0.15, 0.2) is 5.82 Å². The lowest BCUT2D eigenvalue weighted by Crippen LogP contribution is -2.32. The van der Waals surface area contributed by atoms with Gasteiger partial charge in [0.05, 0.1) is 5.69 Å². The number of amides is 2. The van der Waals surface area contributed by atoms with Gasteiger partial charge < -0.3 is 15.1 Å². The van der Waals surface area contributed by atoms with Gasteiger partial charge in [0, 0.05) is 37.9 Å². The summed E-state index contributed by atoms with van der Waals surface area (Å²) >= 11 is 6.17. The van der Waals surface area contributed by atoms with Crippen LogP contribution in [0.4, 0.5) is 16.3 Å². The molecule has 0 aliphatic carbocycles. The lowest BCUT2D eigenvalue weighted by atomic mass is 10.2. The standard InChI is InChI=1S/C18H21ClN4O/c1-22(13-14-7-2-3-8-15(14)19)18(24)21-16-9-6-10-20-17(16)23-11-4-5-12-23/h2-3,6-10H,4-5,11-13H2,1H3,(H,21,24). The number of carbonyl (C=O) groups excluding carboxylic acids is 1. The molecule has 1 aliphatic rings. The predicted molar refractivity (Wildman–Crippen MR) is 97.6 cm³/mol. The molecule has 24 heavy (non-hydrogen) atoms. The van der Waals surface area contributed by atoms with Crippen LogP contribution in [0.5, 0.6) is 0 Å². The van der Waals surface area contributed by atoms with Gasteiger partial charge in [-0.05, 0) is 36.6 Å². The summed E-state index contributed by atoms with van der Waals surface area (Å²) in [5.74, 6) is 0.842. The van der Waals surface area contributed by atoms with Crippen LogP contribution in [0.2, 0.25) is 5.02 Å². The molecule has 2 aromatic rings. The number of benzene rings is 1. The van der Waals surface area contributed by atoms with Gasteiger partial charge in [-0.2, -0.15) is 0 Å². The Kier molecular flexibility index (Phi) is 5.20. The average Bonchev–Trinajstić information content (AvgIpc) is 3.11. The number of hydrogen-bond acceptors (Lipinski definition) is 3. The molecule has 0 radical (unpaired) electrons. The van der Waals surface area contributed by atoms with E-state index in [9.17, 15) is 4.79 Å².